The van der Waals surface area contributed by atoms with E-state index in [-0.39, 0.29) is 6.04 Å². The minimum atomic E-state index is -0.439. The SMILES string of the molecule is C=CC(c1ccccc1)n1ccc(=O)[nH]c1=O. The molecule has 0 radical (unpaired) electrons. The van der Waals surface area contributed by atoms with Crippen molar-refractivity contribution in [1.29, 1.82) is 0 Å². The molecule has 0 saturated heterocycles. The molecule has 0 amide bonds. The number of hydrogen-bond acceptors (Lipinski definition) is 2. The number of H-pyrrole nitrogens is 1. The van der Waals surface area contributed by atoms with E-state index in [1.807, 2.05) is 30.3 Å². The van der Waals surface area contributed by atoms with Gasteiger partial charge < -0.3 is 0 Å². The van der Waals surface area contributed by atoms with Crippen LogP contribution < -0.4 is 11.2 Å². The Hall–Kier alpha value is -2.36. The van der Waals surface area contributed by atoms with Gasteiger partial charge in [-0.1, -0.05) is 36.4 Å². The van der Waals surface area contributed by atoms with Gasteiger partial charge in [-0.2, -0.15) is 0 Å². The van der Waals surface area contributed by atoms with Crippen LogP contribution in [0.15, 0.2) is 64.8 Å². The smallest absolute Gasteiger partial charge is 0.290 e. The van der Waals surface area contributed by atoms with Crippen molar-refractivity contribution in [1.82, 2.24) is 9.55 Å². The zero-order chi connectivity index (χ0) is 12.3. The zero-order valence-electron chi connectivity index (χ0n) is 9.17. The van der Waals surface area contributed by atoms with Crippen molar-refractivity contribution in [2.75, 3.05) is 0 Å². The van der Waals surface area contributed by atoms with Gasteiger partial charge in [0.15, 0.2) is 0 Å². The second kappa shape index (κ2) is 4.65. The van der Waals surface area contributed by atoms with Gasteiger partial charge in [0.2, 0.25) is 0 Å². The van der Waals surface area contributed by atoms with Gasteiger partial charge in [-0.25, -0.2) is 4.79 Å². The predicted octanol–water partition coefficient (Wildman–Crippen LogP) is 1.31. The molecule has 1 aromatic carbocycles. The summed E-state index contributed by atoms with van der Waals surface area (Å²) in [5.41, 5.74) is 0.102. The first-order valence-corrected chi connectivity index (χ1v) is 5.21. The van der Waals surface area contributed by atoms with Crippen LogP contribution in [0.25, 0.3) is 0 Å². The van der Waals surface area contributed by atoms with Gasteiger partial charge in [0.05, 0.1) is 6.04 Å². The second-order valence-corrected chi connectivity index (χ2v) is 3.61. The highest BCUT2D eigenvalue weighted by Crippen LogP contribution is 2.16. The number of hydrogen-bond donors (Lipinski definition) is 1. The zero-order valence-corrected chi connectivity index (χ0v) is 9.17. The second-order valence-electron chi connectivity index (χ2n) is 3.61. The van der Waals surface area contributed by atoms with Crippen LogP contribution in [0.3, 0.4) is 0 Å². The fraction of sp³-hybridized carbons (Fsp3) is 0.0769. The van der Waals surface area contributed by atoms with Crippen molar-refractivity contribution in [3.05, 3.63) is 81.7 Å². The molecule has 2 rings (SSSR count). The lowest BCUT2D eigenvalue weighted by molar-refractivity contribution is 0.645. The summed E-state index contributed by atoms with van der Waals surface area (Å²) in [6.07, 6.45) is 3.13. The fourth-order valence-corrected chi connectivity index (χ4v) is 1.71. The number of benzene rings is 1. The molecule has 2 aromatic rings. The topological polar surface area (TPSA) is 54.9 Å². The van der Waals surface area contributed by atoms with E-state index < -0.39 is 11.2 Å². The molecule has 0 aliphatic heterocycles. The molecule has 0 saturated carbocycles. The van der Waals surface area contributed by atoms with Crippen LogP contribution in [0.5, 0.6) is 0 Å². The highest BCUT2D eigenvalue weighted by atomic mass is 16.2. The monoisotopic (exact) mass is 228 g/mol. The molecule has 4 nitrogen and oxygen atoms in total. The molecule has 1 aromatic heterocycles. The third-order valence-corrected chi connectivity index (χ3v) is 2.52. The minimum absolute atomic E-state index is 0.277. The molecular formula is C13H12N2O2. The summed E-state index contributed by atoms with van der Waals surface area (Å²) < 4.78 is 1.43. The molecule has 0 fully saturated rings. The van der Waals surface area contributed by atoms with Gasteiger partial charge in [0.1, 0.15) is 0 Å². The van der Waals surface area contributed by atoms with Gasteiger partial charge in [-0.3, -0.25) is 14.3 Å². The first kappa shape index (κ1) is 11.1. The average molecular weight is 228 g/mol. The van der Waals surface area contributed by atoms with Crippen molar-refractivity contribution in [3.8, 4) is 0 Å². The lowest BCUT2D eigenvalue weighted by atomic mass is 10.1. The van der Waals surface area contributed by atoms with Gasteiger partial charge in [-0.15, -0.1) is 6.58 Å². The van der Waals surface area contributed by atoms with E-state index in [9.17, 15) is 9.59 Å². The lowest BCUT2D eigenvalue weighted by Crippen LogP contribution is -2.31. The highest BCUT2D eigenvalue weighted by Gasteiger charge is 2.10. The third kappa shape index (κ3) is 2.25. The maximum atomic E-state index is 11.7. The van der Waals surface area contributed by atoms with E-state index in [0.717, 1.165) is 5.56 Å². The number of aromatic nitrogens is 2. The number of aromatic amines is 1. The molecule has 0 aliphatic carbocycles. The molecule has 0 spiro atoms. The molecule has 1 N–H and O–H groups in total. The van der Waals surface area contributed by atoms with Gasteiger partial charge in [0.25, 0.3) is 5.56 Å². The Morgan fingerprint density at radius 2 is 1.88 bits per heavy atom. The molecule has 1 heterocycles. The Bertz CT molecular complexity index is 626. The molecular weight excluding hydrogens is 216 g/mol. The standard InChI is InChI=1S/C13H12N2O2/c1-2-11(10-6-4-3-5-7-10)15-9-8-12(16)14-13(15)17/h2-9,11H,1H2,(H,14,16,17). The van der Waals surface area contributed by atoms with Crippen LogP contribution in [-0.4, -0.2) is 9.55 Å². The van der Waals surface area contributed by atoms with Crippen molar-refractivity contribution in [2.24, 2.45) is 0 Å². The first-order valence-electron chi connectivity index (χ1n) is 5.21. The number of nitrogens with zero attached hydrogens (tertiary/aromatic N) is 1. The summed E-state index contributed by atoms with van der Waals surface area (Å²) in [5, 5.41) is 0. The summed E-state index contributed by atoms with van der Waals surface area (Å²) in [7, 11) is 0. The van der Waals surface area contributed by atoms with Gasteiger partial charge in [-0.05, 0) is 5.56 Å². The van der Waals surface area contributed by atoms with E-state index >= 15 is 0 Å². The Morgan fingerprint density at radius 1 is 1.18 bits per heavy atom. The predicted molar refractivity (Wildman–Crippen MR) is 66.1 cm³/mol. The van der Waals surface area contributed by atoms with Gasteiger partial charge >= 0.3 is 5.69 Å². The first-order chi connectivity index (χ1) is 8.22. The third-order valence-electron chi connectivity index (χ3n) is 2.52. The molecule has 17 heavy (non-hydrogen) atoms. The van der Waals surface area contributed by atoms with Crippen LogP contribution in [0.2, 0.25) is 0 Å². The number of nitrogens with one attached hydrogen (secondary N) is 1. The molecule has 1 unspecified atom stereocenters. The maximum Gasteiger partial charge on any atom is 0.329 e. The Morgan fingerprint density at radius 3 is 2.47 bits per heavy atom. The van der Waals surface area contributed by atoms with E-state index in [1.54, 1.807) is 6.08 Å². The maximum absolute atomic E-state index is 11.7. The molecule has 86 valence electrons. The summed E-state index contributed by atoms with van der Waals surface area (Å²) in [6, 6.07) is 10.5. The number of rotatable bonds is 3. The van der Waals surface area contributed by atoms with Crippen molar-refractivity contribution in [2.45, 2.75) is 6.04 Å². The van der Waals surface area contributed by atoms with Crippen LogP contribution in [0.4, 0.5) is 0 Å². The summed E-state index contributed by atoms with van der Waals surface area (Å²) >= 11 is 0. The molecule has 0 aliphatic rings. The molecule has 4 heteroatoms. The van der Waals surface area contributed by atoms with Gasteiger partial charge in [0, 0.05) is 12.3 Å². The van der Waals surface area contributed by atoms with Crippen LogP contribution >= 0.6 is 0 Å². The normalized spacial score (nSPS) is 12.0. The average Bonchev–Trinajstić information content (AvgIpc) is 2.34. The Kier molecular flexibility index (Phi) is 3.05. The molecule has 0 bridgehead atoms. The quantitative estimate of drug-likeness (QED) is 0.805. The lowest BCUT2D eigenvalue weighted by Gasteiger charge is -2.15. The van der Waals surface area contributed by atoms with Crippen molar-refractivity contribution < 1.29 is 0 Å². The summed E-state index contributed by atoms with van der Waals surface area (Å²) in [5.74, 6) is 0. The number of allylic oxidation sites excluding steroid dienone is 1. The van der Waals surface area contributed by atoms with Crippen LogP contribution in [0.1, 0.15) is 11.6 Å². The summed E-state index contributed by atoms with van der Waals surface area (Å²) in [4.78, 5) is 24.9. The van der Waals surface area contributed by atoms with Crippen LogP contribution in [0, 0.1) is 0 Å². The van der Waals surface area contributed by atoms with E-state index in [2.05, 4.69) is 11.6 Å². The van der Waals surface area contributed by atoms with E-state index in [4.69, 9.17) is 0 Å². The largest absolute Gasteiger partial charge is 0.329 e. The Labute approximate surface area is 97.9 Å². The molecule has 1 atom stereocenters. The van der Waals surface area contributed by atoms with E-state index in [0.29, 0.717) is 0 Å². The summed E-state index contributed by atoms with van der Waals surface area (Å²) in [6.45, 7) is 3.73. The Balaban J connectivity index is 2.54. The van der Waals surface area contributed by atoms with Crippen molar-refractivity contribution >= 4 is 0 Å². The van der Waals surface area contributed by atoms with Crippen LogP contribution in [-0.2, 0) is 0 Å². The minimum Gasteiger partial charge on any atom is -0.290 e. The van der Waals surface area contributed by atoms with E-state index in [1.165, 1.54) is 16.8 Å². The fourth-order valence-electron chi connectivity index (χ4n) is 1.71. The van der Waals surface area contributed by atoms with Crippen molar-refractivity contribution in [3.63, 3.8) is 0 Å². The highest BCUT2D eigenvalue weighted by molar-refractivity contribution is 5.23.